The van der Waals surface area contributed by atoms with Gasteiger partial charge in [-0.15, -0.1) is 5.10 Å². The Hall–Kier alpha value is -3.40. The third-order valence-corrected chi connectivity index (χ3v) is 5.30. The van der Waals surface area contributed by atoms with Gasteiger partial charge < -0.3 is 9.47 Å². The summed E-state index contributed by atoms with van der Waals surface area (Å²) in [6.07, 6.45) is 1.85. The van der Waals surface area contributed by atoms with Crippen LogP contribution in [0.5, 0.6) is 11.5 Å². The van der Waals surface area contributed by atoms with Gasteiger partial charge >= 0.3 is 0 Å². The van der Waals surface area contributed by atoms with E-state index < -0.39 is 9.84 Å². The van der Waals surface area contributed by atoms with Crippen LogP contribution in [0, 0.1) is 0 Å². The summed E-state index contributed by atoms with van der Waals surface area (Å²) in [4.78, 5) is 16.6. The summed E-state index contributed by atoms with van der Waals surface area (Å²) in [6, 6.07) is 13.5. The number of sulfone groups is 1. The first kappa shape index (κ1) is 21.3. The van der Waals surface area contributed by atoms with E-state index in [1.54, 1.807) is 19.2 Å². The van der Waals surface area contributed by atoms with E-state index >= 15 is 0 Å². The minimum atomic E-state index is -3.24. The molecule has 0 saturated carbocycles. The van der Waals surface area contributed by atoms with Crippen molar-refractivity contribution in [2.75, 3.05) is 25.3 Å². The molecule has 0 fully saturated rings. The highest BCUT2D eigenvalue weighted by Crippen LogP contribution is 2.27. The maximum atomic E-state index is 12.1. The van der Waals surface area contributed by atoms with E-state index in [0.29, 0.717) is 30.4 Å². The van der Waals surface area contributed by atoms with Crippen molar-refractivity contribution in [3.8, 4) is 22.9 Å². The minimum absolute atomic E-state index is 0.179. The van der Waals surface area contributed by atoms with Crippen molar-refractivity contribution in [2.24, 2.45) is 0 Å². The Morgan fingerprint density at radius 1 is 1.13 bits per heavy atom. The lowest BCUT2D eigenvalue weighted by Gasteiger charge is -2.06. The molecule has 1 heterocycles. The molecule has 0 aliphatic carbocycles. The van der Waals surface area contributed by atoms with Crippen molar-refractivity contribution in [3.05, 3.63) is 48.5 Å². The zero-order valence-electron chi connectivity index (χ0n) is 16.6. The van der Waals surface area contributed by atoms with E-state index in [1.807, 2.05) is 24.3 Å². The van der Waals surface area contributed by atoms with Crippen LogP contribution in [-0.4, -0.2) is 49.5 Å². The molecule has 0 saturated heterocycles. The molecule has 2 N–H and O–H groups in total. The van der Waals surface area contributed by atoms with Crippen molar-refractivity contribution in [2.45, 2.75) is 17.7 Å². The standard InChI is InChI=1S/C20H22N4O5S/c1-28-17-7-4-3-6-16(17)19-22-20(24-23-19)21-18(25)8-5-13-29-14-9-11-15(12-10-14)30(2,26)27/h3-4,6-7,9-12H,5,8,13H2,1-2H3,(H2,21,22,23,24,25). The fourth-order valence-corrected chi connectivity index (χ4v) is 3.30. The molecule has 0 atom stereocenters. The highest BCUT2D eigenvalue weighted by atomic mass is 32.2. The fourth-order valence-electron chi connectivity index (χ4n) is 2.67. The average molecular weight is 430 g/mol. The topological polar surface area (TPSA) is 123 Å². The van der Waals surface area contributed by atoms with Crippen LogP contribution in [-0.2, 0) is 14.6 Å². The van der Waals surface area contributed by atoms with Crippen molar-refractivity contribution in [3.63, 3.8) is 0 Å². The van der Waals surface area contributed by atoms with E-state index in [2.05, 4.69) is 20.5 Å². The summed E-state index contributed by atoms with van der Waals surface area (Å²) in [5.74, 6) is 1.62. The Kier molecular flexibility index (Phi) is 6.68. The fraction of sp³-hybridized carbons (Fsp3) is 0.250. The molecule has 0 radical (unpaired) electrons. The largest absolute Gasteiger partial charge is 0.496 e. The van der Waals surface area contributed by atoms with Gasteiger partial charge in [0.2, 0.25) is 11.9 Å². The van der Waals surface area contributed by atoms with E-state index in [0.717, 1.165) is 11.8 Å². The van der Waals surface area contributed by atoms with Crippen molar-refractivity contribution >= 4 is 21.7 Å². The summed E-state index contributed by atoms with van der Waals surface area (Å²) in [5.41, 5.74) is 0.739. The molecule has 0 aliphatic rings. The smallest absolute Gasteiger partial charge is 0.249 e. The number of ether oxygens (including phenoxy) is 2. The van der Waals surface area contributed by atoms with Crippen molar-refractivity contribution < 1.29 is 22.7 Å². The van der Waals surface area contributed by atoms with Gasteiger partial charge in [0.05, 0.1) is 24.2 Å². The highest BCUT2D eigenvalue weighted by Gasteiger charge is 2.12. The number of nitrogens with one attached hydrogen (secondary N) is 2. The number of carbonyl (C=O) groups excluding carboxylic acids is 1. The molecule has 0 unspecified atom stereocenters. The molecule has 10 heteroatoms. The van der Waals surface area contributed by atoms with Crippen LogP contribution < -0.4 is 14.8 Å². The molecule has 1 amide bonds. The molecule has 0 aliphatic heterocycles. The number of methoxy groups -OCH3 is 1. The zero-order chi connectivity index (χ0) is 21.6. The number of hydrogen-bond donors (Lipinski definition) is 2. The van der Waals surface area contributed by atoms with E-state index in [4.69, 9.17) is 9.47 Å². The molecular weight excluding hydrogens is 408 g/mol. The van der Waals surface area contributed by atoms with Crippen LogP contribution in [0.15, 0.2) is 53.4 Å². The lowest BCUT2D eigenvalue weighted by atomic mass is 10.2. The first-order chi connectivity index (χ1) is 14.4. The van der Waals surface area contributed by atoms with Gasteiger partial charge in [-0.3, -0.25) is 15.2 Å². The number of nitrogens with zero attached hydrogens (tertiary/aromatic N) is 2. The Labute approximate surface area is 174 Å². The van der Waals surface area contributed by atoms with Crippen LogP contribution >= 0.6 is 0 Å². The molecule has 3 aromatic rings. The molecular formula is C20H22N4O5S. The molecule has 9 nitrogen and oxygen atoms in total. The normalized spacial score (nSPS) is 11.1. The quantitative estimate of drug-likeness (QED) is 0.500. The third-order valence-electron chi connectivity index (χ3n) is 4.17. The van der Waals surface area contributed by atoms with Gasteiger partial charge in [-0.05, 0) is 42.8 Å². The van der Waals surface area contributed by atoms with Gasteiger partial charge in [-0.2, -0.15) is 4.98 Å². The third kappa shape index (κ3) is 5.57. The van der Waals surface area contributed by atoms with Crippen LogP contribution in [0.3, 0.4) is 0 Å². The number of H-pyrrole nitrogens is 1. The molecule has 30 heavy (non-hydrogen) atoms. The first-order valence-electron chi connectivity index (χ1n) is 9.15. The van der Waals surface area contributed by atoms with Crippen molar-refractivity contribution in [1.82, 2.24) is 15.2 Å². The minimum Gasteiger partial charge on any atom is -0.496 e. The summed E-state index contributed by atoms with van der Waals surface area (Å²) in [7, 11) is -1.67. The number of aromatic amines is 1. The molecule has 0 bridgehead atoms. The van der Waals surface area contributed by atoms with Gasteiger partial charge in [0.1, 0.15) is 11.5 Å². The first-order valence-corrected chi connectivity index (χ1v) is 11.0. The number of amides is 1. The van der Waals surface area contributed by atoms with Gasteiger partial charge in [0.25, 0.3) is 0 Å². The number of anilines is 1. The molecule has 1 aromatic heterocycles. The lowest BCUT2D eigenvalue weighted by Crippen LogP contribution is -2.13. The van der Waals surface area contributed by atoms with Gasteiger partial charge in [-0.25, -0.2) is 8.42 Å². The Morgan fingerprint density at radius 2 is 1.87 bits per heavy atom. The second-order valence-electron chi connectivity index (χ2n) is 6.45. The second kappa shape index (κ2) is 9.40. The van der Waals surface area contributed by atoms with Gasteiger partial charge in [0, 0.05) is 12.7 Å². The van der Waals surface area contributed by atoms with Gasteiger partial charge in [0.15, 0.2) is 15.7 Å². The van der Waals surface area contributed by atoms with Crippen molar-refractivity contribution in [1.29, 1.82) is 0 Å². The molecule has 158 valence electrons. The van der Waals surface area contributed by atoms with Crippen LogP contribution in [0.2, 0.25) is 0 Å². The van der Waals surface area contributed by atoms with Crippen LogP contribution in [0.4, 0.5) is 5.95 Å². The second-order valence-corrected chi connectivity index (χ2v) is 8.47. The monoisotopic (exact) mass is 430 g/mol. The Morgan fingerprint density at radius 3 is 2.57 bits per heavy atom. The summed E-state index contributed by atoms with van der Waals surface area (Å²) >= 11 is 0. The summed E-state index contributed by atoms with van der Waals surface area (Å²) in [5, 5.41) is 9.43. The number of aromatic nitrogens is 3. The highest BCUT2D eigenvalue weighted by molar-refractivity contribution is 7.90. The number of carbonyl (C=O) groups is 1. The van der Waals surface area contributed by atoms with Gasteiger partial charge in [-0.1, -0.05) is 12.1 Å². The maximum Gasteiger partial charge on any atom is 0.249 e. The van der Waals surface area contributed by atoms with Crippen LogP contribution in [0.25, 0.3) is 11.4 Å². The predicted molar refractivity (Wildman–Crippen MR) is 111 cm³/mol. The Balaban J connectivity index is 1.46. The number of hydrogen-bond acceptors (Lipinski definition) is 7. The molecule has 2 aromatic carbocycles. The number of benzene rings is 2. The zero-order valence-corrected chi connectivity index (χ0v) is 17.4. The summed E-state index contributed by atoms with van der Waals surface area (Å²) in [6.45, 7) is 0.312. The maximum absolute atomic E-state index is 12.1. The number of para-hydroxylation sites is 1. The van der Waals surface area contributed by atoms with Crippen LogP contribution in [0.1, 0.15) is 12.8 Å². The molecule has 0 spiro atoms. The summed E-state index contributed by atoms with van der Waals surface area (Å²) < 4.78 is 33.7. The average Bonchev–Trinajstić information content (AvgIpc) is 3.19. The van der Waals surface area contributed by atoms with E-state index in [-0.39, 0.29) is 23.2 Å². The van der Waals surface area contributed by atoms with E-state index in [9.17, 15) is 13.2 Å². The lowest BCUT2D eigenvalue weighted by molar-refractivity contribution is -0.116. The van der Waals surface area contributed by atoms with E-state index in [1.165, 1.54) is 12.1 Å². The number of rotatable bonds is 9. The Bertz CT molecular complexity index is 1110. The SMILES string of the molecule is COc1ccccc1-c1nc(NC(=O)CCCOc2ccc(S(C)(=O)=O)cc2)n[nH]1. The predicted octanol–water partition coefficient (Wildman–Crippen LogP) is 2.68. The molecule has 3 rings (SSSR count).